The normalized spacial score (nSPS) is 12.2. The fraction of sp³-hybridized carbons (Fsp3) is 0.417. The van der Waals surface area contributed by atoms with Gasteiger partial charge in [0.15, 0.2) is 0 Å². The Labute approximate surface area is 115 Å². The van der Waals surface area contributed by atoms with Crippen LogP contribution in [-0.2, 0) is 4.74 Å². The van der Waals surface area contributed by atoms with Gasteiger partial charge in [0.2, 0.25) is 0 Å². The lowest BCUT2D eigenvalue weighted by molar-refractivity contribution is 0.0784. The number of amides is 1. The topological polar surface area (TPSA) is 29.5 Å². The first kappa shape index (κ1) is 14.5. The minimum Gasteiger partial charge on any atom is -0.383 e. The number of carbonyl (C=O) groups excluding carboxylic acids is 1. The molecule has 0 N–H and O–H groups in total. The second-order valence-electron chi connectivity index (χ2n) is 3.75. The van der Waals surface area contributed by atoms with Gasteiger partial charge in [0.1, 0.15) is 0 Å². The Morgan fingerprint density at radius 2 is 2.29 bits per heavy atom. The molecule has 0 aliphatic rings. The number of rotatable bonds is 5. The maximum Gasteiger partial charge on any atom is 0.253 e. The predicted octanol–water partition coefficient (Wildman–Crippen LogP) is 2.82. The number of carbonyl (C=O) groups is 1. The molecule has 0 spiro atoms. The molecule has 0 bridgehead atoms. The summed E-state index contributed by atoms with van der Waals surface area (Å²) < 4.78 is 5.00. The third kappa shape index (κ3) is 4.66. The molecule has 1 amide bonds. The van der Waals surface area contributed by atoms with Gasteiger partial charge in [0.25, 0.3) is 5.91 Å². The molecule has 1 atom stereocenters. The number of hydrogen-bond donors (Lipinski definition) is 0. The molecule has 94 valence electrons. The van der Waals surface area contributed by atoms with Crippen LogP contribution < -0.4 is 0 Å². The summed E-state index contributed by atoms with van der Waals surface area (Å²) in [5.41, 5.74) is 0.595. The Balaban J connectivity index is 2.63. The molecular weight excluding hydrogens is 305 g/mol. The lowest BCUT2D eigenvalue weighted by Gasteiger charge is -2.20. The molecule has 1 rings (SSSR count). The van der Waals surface area contributed by atoms with E-state index < -0.39 is 0 Å². The molecule has 3 nitrogen and oxygen atoms in total. The van der Waals surface area contributed by atoms with Crippen molar-refractivity contribution in [3.63, 3.8) is 0 Å². The zero-order valence-electron chi connectivity index (χ0n) is 9.82. The number of ether oxygens (including phenoxy) is 1. The largest absolute Gasteiger partial charge is 0.383 e. The lowest BCUT2D eigenvalue weighted by atomic mass is 10.2. The maximum absolute atomic E-state index is 12.0. The number of halogens is 2. The quantitative estimate of drug-likeness (QED) is 0.781. The molecule has 0 saturated heterocycles. The van der Waals surface area contributed by atoms with Gasteiger partial charge < -0.3 is 9.64 Å². The highest BCUT2D eigenvalue weighted by atomic mass is 79.9. The maximum atomic E-state index is 12.0. The van der Waals surface area contributed by atoms with Crippen molar-refractivity contribution in [1.29, 1.82) is 0 Å². The molecule has 0 heterocycles. The molecule has 0 aliphatic carbocycles. The smallest absolute Gasteiger partial charge is 0.253 e. The van der Waals surface area contributed by atoms with Crippen LogP contribution in [0.25, 0.3) is 0 Å². The van der Waals surface area contributed by atoms with Crippen molar-refractivity contribution in [3.05, 3.63) is 34.9 Å². The second-order valence-corrected chi connectivity index (χ2v) is 5.48. The molecule has 0 fully saturated rings. The van der Waals surface area contributed by atoms with E-state index in [-0.39, 0.29) is 10.7 Å². The molecule has 1 unspecified atom stereocenters. The highest BCUT2D eigenvalue weighted by Crippen LogP contribution is 2.13. The Hall–Kier alpha value is -0.580. The summed E-state index contributed by atoms with van der Waals surface area (Å²) in [7, 11) is 3.39. The average Bonchev–Trinajstić information content (AvgIpc) is 2.28. The van der Waals surface area contributed by atoms with Crippen molar-refractivity contribution < 1.29 is 9.53 Å². The highest BCUT2D eigenvalue weighted by Gasteiger charge is 2.15. The number of hydrogen-bond acceptors (Lipinski definition) is 2. The fourth-order valence-electron chi connectivity index (χ4n) is 1.46. The van der Waals surface area contributed by atoms with Gasteiger partial charge in [0, 0.05) is 31.3 Å². The lowest BCUT2D eigenvalue weighted by Crippen LogP contribution is -2.33. The molecule has 1 aromatic rings. The van der Waals surface area contributed by atoms with Crippen LogP contribution >= 0.6 is 27.5 Å². The van der Waals surface area contributed by atoms with E-state index in [0.29, 0.717) is 23.7 Å². The van der Waals surface area contributed by atoms with E-state index in [0.717, 1.165) is 0 Å². The van der Waals surface area contributed by atoms with E-state index in [2.05, 4.69) is 15.9 Å². The van der Waals surface area contributed by atoms with Crippen LogP contribution in [0.5, 0.6) is 0 Å². The van der Waals surface area contributed by atoms with E-state index in [1.807, 2.05) is 0 Å². The Bertz CT molecular complexity index is 387. The van der Waals surface area contributed by atoms with Crippen molar-refractivity contribution >= 4 is 33.4 Å². The van der Waals surface area contributed by atoms with Crippen LogP contribution in [0.4, 0.5) is 0 Å². The minimum absolute atomic E-state index is 0.0481. The van der Waals surface area contributed by atoms with Crippen molar-refractivity contribution in [1.82, 2.24) is 4.90 Å². The standard InChI is InChI=1S/C12H15BrClNO2/c1-15(7-10(13)8-17-2)12(16)9-4-3-5-11(14)6-9/h3-6,10H,7-8H2,1-2H3. The van der Waals surface area contributed by atoms with E-state index in [4.69, 9.17) is 16.3 Å². The summed E-state index contributed by atoms with van der Waals surface area (Å²) in [6.07, 6.45) is 0. The van der Waals surface area contributed by atoms with Gasteiger partial charge in [-0.05, 0) is 18.2 Å². The van der Waals surface area contributed by atoms with E-state index in [9.17, 15) is 4.79 Å². The molecule has 0 radical (unpaired) electrons. The monoisotopic (exact) mass is 319 g/mol. The van der Waals surface area contributed by atoms with E-state index >= 15 is 0 Å². The molecule has 5 heteroatoms. The molecule has 17 heavy (non-hydrogen) atoms. The Kier molecular flexibility index (Phi) is 5.95. The zero-order chi connectivity index (χ0) is 12.8. The van der Waals surface area contributed by atoms with Crippen molar-refractivity contribution in [2.75, 3.05) is 27.3 Å². The van der Waals surface area contributed by atoms with Crippen LogP contribution in [0, 0.1) is 0 Å². The van der Waals surface area contributed by atoms with Crippen molar-refractivity contribution in [2.45, 2.75) is 4.83 Å². The minimum atomic E-state index is -0.0481. The van der Waals surface area contributed by atoms with Crippen LogP contribution in [0.1, 0.15) is 10.4 Å². The van der Waals surface area contributed by atoms with Gasteiger partial charge in [-0.2, -0.15) is 0 Å². The first-order valence-corrected chi connectivity index (χ1v) is 6.48. The van der Waals surface area contributed by atoms with Gasteiger partial charge >= 0.3 is 0 Å². The molecule has 0 saturated carbocycles. The first-order chi connectivity index (χ1) is 8.04. The Morgan fingerprint density at radius 1 is 1.59 bits per heavy atom. The van der Waals surface area contributed by atoms with Gasteiger partial charge in [-0.1, -0.05) is 33.6 Å². The summed E-state index contributed by atoms with van der Waals surface area (Å²) in [5, 5.41) is 0.566. The van der Waals surface area contributed by atoms with Gasteiger partial charge in [0.05, 0.1) is 11.4 Å². The summed E-state index contributed by atoms with van der Waals surface area (Å²) in [6.45, 7) is 1.15. The van der Waals surface area contributed by atoms with Crippen molar-refractivity contribution in [3.8, 4) is 0 Å². The van der Waals surface area contributed by atoms with Gasteiger partial charge in [-0.15, -0.1) is 0 Å². The molecular formula is C12H15BrClNO2. The van der Waals surface area contributed by atoms with Crippen LogP contribution in [0.3, 0.4) is 0 Å². The van der Waals surface area contributed by atoms with E-state index in [1.54, 1.807) is 43.3 Å². The summed E-state index contributed by atoms with van der Waals surface area (Å²) in [4.78, 5) is 13.8. The highest BCUT2D eigenvalue weighted by molar-refractivity contribution is 9.09. The Morgan fingerprint density at radius 3 is 2.88 bits per heavy atom. The van der Waals surface area contributed by atoms with Crippen LogP contribution in [0.15, 0.2) is 24.3 Å². The number of alkyl halides is 1. The SMILES string of the molecule is COCC(Br)CN(C)C(=O)c1cccc(Cl)c1. The van der Waals surface area contributed by atoms with Crippen LogP contribution in [-0.4, -0.2) is 42.9 Å². The second kappa shape index (κ2) is 6.99. The third-order valence-electron chi connectivity index (χ3n) is 2.24. The number of benzene rings is 1. The average molecular weight is 321 g/mol. The fourth-order valence-corrected chi connectivity index (χ4v) is 2.34. The summed E-state index contributed by atoms with van der Waals surface area (Å²) in [6, 6.07) is 6.94. The zero-order valence-corrected chi connectivity index (χ0v) is 12.2. The molecule has 0 aliphatic heterocycles. The van der Waals surface area contributed by atoms with Gasteiger partial charge in [-0.25, -0.2) is 0 Å². The number of methoxy groups -OCH3 is 1. The van der Waals surface area contributed by atoms with Gasteiger partial charge in [-0.3, -0.25) is 4.79 Å². The first-order valence-electron chi connectivity index (χ1n) is 5.18. The third-order valence-corrected chi connectivity index (χ3v) is 3.03. The summed E-state index contributed by atoms with van der Waals surface area (Å²) >= 11 is 9.30. The van der Waals surface area contributed by atoms with Crippen LogP contribution in [0.2, 0.25) is 5.02 Å². The predicted molar refractivity (Wildman–Crippen MR) is 73.0 cm³/mol. The molecule has 0 aromatic heterocycles. The number of nitrogens with zero attached hydrogens (tertiary/aromatic N) is 1. The molecule has 1 aromatic carbocycles. The van der Waals surface area contributed by atoms with E-state index in [1.165, 1.54) is 0 Å². The summed E-state index contributed by atoms with van der Waals surface area (Å²) in [5.74, 6) is -0.0481. The van der Waals surface area contributed by atoms with Crippen molar-refractivity contribution in [2.24, 2.45) is 0 Å².